The minimum absolute atomic E-state index is 0.421. The number of hydrogen-bond acceptors (Lipinski definition) is 6. The van der Waals surface area contributed by atoms with Gasteiger partial charge in [-0.2, -0.15) is 10.2 Å². The Balaban J connectivity index is 1.57. The molecule has 1 N–H and O–H groups in total. The molecule has 0 amide bonds. The number of benzene rings is 1. The second-order valence-electron chi connectivity index (χ2n) is 6.20. The molecule has 1 saturated heterocycles. The summed E-state index contributed by atoms with van der Waals surface area (Å²) in [5, 5.41) is 12.4. The lowest BCUT2D eigenvalue weighted by Gasteiger charge is -2.34. The number of nitrogens with one attached hydrogen (secondary N) is 1. The van der Waals surface area contributed by atoms with Gasteiger partial charge in [0.2, 0.25) is 5.95 Å². The maximum absolute atomic E-state index is 8.88. The van der Waals surface area contributed by atoms with Crippen LogP contribution in [0.3, 0.4) is 0 Å². The number of hydrogen-bond donors (Lipinski definition) is 1. The molecule has 0 radical (unpaired) electrons. The van der Waals surface area contributed by atoms with Gasteiger partial charge in [-0.15, -0.1) is 0 Å². The smallest absolute Gasteiger partial charge is 0.226 e. The van der Waals surface area contributed by atoms with E-state index in [4.69, 9.17) is 5.26 Å². The number of nitriles is 1. The third kappa shape index (κ3) is 3.74. The molecule has 1 aliphatic rings. The first-order valence-electron chi connectivity index (χ1n) is 8.18. The van der Waals surface area contributed by atoms with Crippen LogP contribution in [0.15, 0.2) is 36.5 Å². The Morgan fingerprint density at radius 1 is 1.17 bits per heavy atom. The highest BCUT2D eigenvalue weighted by Crippen LogP contribution is 2.22. The molecule has 0 unspecified atom stereocenters. The molecular formula is C18H22N6. The molecule has 1 aromatic heterocycles. The molecule has 3 rings (SSSR count). The molecule has 1 fully saturated rings. The maximum atomic E-state index is 8.88. The van der Waals surface area contributed by atoms with Gasteiger partial charge in [0, 0.05) is 45.1 Å². The fraction of sp³-hybridized carbons (Fsp3) is 0.389. The molecule has 124 valence electrons. The van der Waals surface area contributed by atoms with Gasteiger partial charge < -0.3 is 15.1 Å². The molecule has 1 aromatic carbocycles. The molecule has 0 bridgehead atoms. The first-order valence-corrected chi connectivity index (χ1v) is 8.18. The summed E-state index contributed by atoms with van der Waals surface area (Å²) in [4.78, 5) is 13.0. The third-order valence-corrected chi connectivity index (χ3v) is 4.25. The second-order valence-corrected chi connectivity index (χ2v) is 6.20. The maximum Gasteiger partial charge on any atom is 0.226 e. The van der Waals surface area contributed by atoms with Crippen LogP contribution in [0, 0.1) is 11.3 Å². The monoisotopic (exact) mass is 322 g/mol. The zero-order valence-electron chi connectivity index (χ0n) is 14.1. The van der Waals surface area contributed by atoms with Crippen LogP contribution in [0.4, 0.5) is 17.5 Å². The van der Waals surface area contributed by atoms with Crippen molar-refractivity contribution < 1.29 is 0 Å². The van der Waals surface area contributed by atoms with E-state index in [0.29, 0.717) is 11.6 Å². The van der Waals surface area contributed by atoms with Crippen molar-refractivity contribution in [3.8, 4) is 6.07 Å². The molecule has 0 aliphatic carbocycles. The molecule has 0 saturated carbocycles. The SMILES string of the molecule is CN(C)c1nccc(NC2CCN(c3ccc(C#N)cc3)CC2)n1. The van der Waals surface area contributed by atoms with Crippen LogP contribution >= 0.6 is 0 Å². The average Bonchev–Trinajstić information content (AvgIpc) is 2.63. The summed E-state index contributed by atoms with van der Waals surface area (Å²) in [7, 11) is 3.88. The molecule has 24 heavy (non-hydrogen) atoms. The molecule has 1 aliphatic heterocycles. The van der Waals surface area contributed by atoms with Crippen molar-refractivity contribution >= 4 is 17.5 Å². The van der Waals surface area contributed by atoms with E-state index in [0.717, 1.165) is 37.7 Å². The molecule has 0 atom stereocenters. The van der Waals surface area contributed by atoms with Gasteiger partial charge in [0.25, 0.3) is 0 Å². The molecular weight excluding hydrogens is 300 g/mol. The van der Waals surface area contributed by atoms with E-state index < -0.39 is 0 Å². The normalized spacial score (nSPS) is 15.0. The van der Waals surface area contributed by atoms with Crippen molar-refractivity contribution in [1.29, 1.82) is 5.26 Å². The van der Waals surface area contributed by atoms with E-state index in [1.165, 1.54) is 5.69 Å². The lowest BCUT2D eigenvalue weighted by atomic mass is 10.0. The van der Waals surface area contributed by atoms with Crippen molar-refractivity contribution in [3.05, 3.63) is 42.1 Å². The Hall–Kier alpha value is -2.81. The van der Waals surface area contributed by atoms with E-state index in [1.54, 1.807) is 6.20 Å². The Bertz CT molecular complexity index is 711. The molecule has 6 nitrogen and oxygen atoms in total. The van der Waals surface area contributed by atoms with Crippen molar-refractivity contribution in [1.82, 2.24) is 9.97 Å². The third-order valence-electron chi connectivity index (χ3n) is 4.25. The van der Waals surface area contributed by atoms with Crippen LogP contribution in [0.2, 0.25) is 0 Å². The first-order chi connectivity index (χ1) is 11.7. The van der Waals surface area contributed by atoms with Crippen LogP contribution in [0.1, 0.15) is 18.4 Å². The topological polar surface area (TPSA) is 68.1 Å². The summed E-state index contributed by atoms with van der Waals surface area (Å²) in [6.07, 6.45) is 3.90. The summed E-state index contributed by atoms with van der Waals surface area (Å²) in [6, 6.07) is 12.3. The lowest BCUT2D eigenvalue weighted by molar-refractivity contribution is 0.525. The fourth-order valence-corrected chi connectivity index (χ4v) is 2.88. The quantitative estimate of drug-likeness (QED) is 0.933. The van der Waals surface area contributed by atoms with Gasteiger partial charge in [0.1, 0.15) is 5.82 Å². The lowest BCUT2D eigenvalue weighted by Crippen LogP contribution is -2.39. The Morgan fingerprint density at radius 2 is 1.88 bits per heavy atom. The van der Waals surface area contributed by atoms with Crippen LogP contribution in [0.5, 0.6) is 0 Å². The van der Waals surface area contributed by atoms with Crippen molar-refractivity contribution in [2.24, 2.45) is 0 Å². The van der Waals surface area contributed by atoms with Gasteiger partial charge in [0.05, 0.1) is 11.6 Å². The van der Waals surface area contributed by atoms with Crippen LogP contribution in [0.25, 0.3) is 0 Å². The molecule has 0 spiro atoms. The number of nitrogens with zero attached hydrogens (tertiary/aromatic N) is 5. The minimum atomic E-state index is 0.421. The molecule has 2 heterocycles. The van der Waals surface area contributed by atoms with Gasteiger partial charge in [-0.3, -0.25) is 0 Å². The summed E-state index contributed by atoms with van der Waals surface area (Å²) in [5.74, 6) is 1.60. The number of anilines is 3. The van der Waals surface area contributed by atoms with Crippen LogP contribution in [-0.2, 0) is 0 Å². The van der Waals surface area contributed by atoms with Crippen molar-refractivity contribution in [2.75, 3.05) is 42.3 Å². The standard InChI is InChI=1S/C18H22N6/c1-23(2)18-20-10-7-17(22-18)21-15-8-11-24(12-9-15)16-5-3-14(13-19)4-6-16/h3-7,10,15H,8-9,11-12H2,1-2H3,(H,20,21,22). The van der Waals surface area contributed by atoms with Gasteiger partial charge in [-0.1, -0.05) is 0 Å². The van der Waals surface area contributed by atoms with E-state index in [2.05, 4.69) is 26.3 Å². The van der Waals surface area contributed by atoms with Crippen LogP contribution < -0.4 is 15.1 Å². The zero-order chi connectivity index (χ0) is 16.9. The van der Waals surface area contributed by atoms with Gasteiger partial charge in [-0.25, -0.2) is 4.98 Å². The Labute approximate surface area is 142 Å². The first kappa shape index (κ1) is 16.1. The summed E-state index contributed by atoms with van der Waals surface area (Å²) < 4.78 is 0. The highest BCUT2D eigenvalue weighted by atomic mass is 15.2. The fourth-order valence-electron chi connectivity index (χ4n) is 2.88. The summed E-state index contributed by atoms with van der Waals surface area (Å²) in [6.45, 7) is 1.99. The van der Waals surface area contributed by atoms with E-state index in [9.17, 15) is 0 Å². The predicted molar refractivity (Wildman–Crippen MR) is 96.4 cm³/mol. The summed E-state index contributed by atoms with van der Waals surface area (Å²) in [5.41, 5.74) is 1.89. The predicted octanol–water partition coefficient (Wildman–Crippen LogP) is 2.50. The van der Waals surface area contributed by atoms with E-state index in [1.807, 2.05) is 49.3 Å². The highest BCUT2D eigenvalue weighted by molar-refractivity contribution is 5.50. The Kier molecular flexibility index (Phi) is 4.80. The minimum Gasteiger partial charge on any atom is -0.371 e. The van der Waals surface area contributed by atoms with E-state index >= 15 is 0 Å². The summed E-state index contributed by atoms with van der Waals surface area (Å²) >= 11 is 0. The molecule has 6 heteroatoms. The average molecular weight is 322 g/mol. The van der Waals surface area contributed by atoms with Gasteiger partial charge in [-0.05, 0) is 43.2 Å². The number of piperidine rings is 1. The van der Waals surface area contributed by atoms with Crippen molar-refractivity contribution in [3.63, 3.8) is 0 Å². The zero-order valence-corrected chi connectivity index (χ0v) is 14.1. The van der Waals surface area contributed by atoms with Crippen LogP contribution in [-0.4, -0.2) is 43.2 Å². The largest absolute Gasteiger partial charge is 0.371 e. The molecule has 2 aromatic rings. The van der Waals surface area contributed by atoms with Gasteiger partial charge >= 0.3 is 0 Å². The second kappa shape index (κ2) is 7.18. The van der Waals surface area contributed by atoms with Crippen molar-refractivity contribution in [2.45, 2.75) is 18.9 Å². The van der Waals surface area contributed by atoms with Gasteiger partial charge in [0.15, 0.2) is 0 Å². The highest BCUT2D eigenvalue weighted by Gasteiger charge is 2.19. The number of aromatic nitrogens is 2. The Morgan fingerprint density at radius 3 is 2.50 bits per heavy atom. The number of rotatable bonds is 4. The van der Waals surface area contributed by atoms with E-state index in [-0.39, 0.29) is 0 Å².